The largest absolute Gasteiger partial charge is 0.367 e. The molecule has 0 spiro atoms. The van der Waals surface area contributed by atoms with Crippen molar-refractivity contribution in [2.45, 2.75) is 25.7 Å². The lowest BCUT2D eigenvalue weighted by molar-refractivity contribution is 0.614. The number of nitrogens with two attached hydrogens (primary N) is 1. The van der Waals surface area contributed by atoms with Gasteiger partial charge in [-0.1, -0.05) is 12.8 Å². The fourth-order valence-electron chi connectivity index (χ4n) is 1.49. The molecule has 0 fully saturated rings. The van der Waals surface area contributed by atoms with Crippen LogP contribution in [0.2, 0.25) is 0 Å². The molecule has 1 aromatic rings. The quantitative estimate of drug-likeness (QED) is 0.364. The van der Waals surface area contributed by atoms with E-state index < -0.39 is 5.82 Å². The number of rotatable bonds is 9. The lowest BCUT2D eigenvalue weighted by atomic mass is 10.2. The van der Waals surface area contributed by atoms with Gasteiger partial charge in [-0.25, -0.2) is 15.2 Å². The van der Waals surface area contributed by atoms with Crippen LogP contribution in [0.4, 0.5) is 16.2 Å². The number of hydrazine groups is 1. The minimum atomic E-state index is -0.462. The Morgan fingerprint density at radius 1 is 1.33 bits per heavy atom. The number of hydrogen-bond donors (Lipinski definition) is 3. The van der Waals surface area contributed by atoms with Crippen molar-refractivity contribution in [2.75, 3.05) is 29.3 Å². The third kappa shape index (κ3) is 5.50. The maximum atomic E-state index is 13.3. The fraction of sp³-hybridized carbons (Fsp3) is 0.636. The Morgan fingerprint density at radius 2 is 2.11 bits per heavy atom. The average molecular weight is 273 g/mol. The highest BCUT2D eigenvalue weighted by atomic mass is 32.2. The van der Waals surface area contributed by atoms with Crippen LogP contribution in [0, 0.1) is 5.82 Å². The van der Waals surface area contributed by atoms with Crippen LogP contribution in [0.5, 0.6) is 0 Å². The summed E-state index contributed by atoms with van der Waals surface area (Å²) in [6.07, 6.45) is 7.81. The number of hydrogen-bond acceptors (Lipinski definition) is 6. The number of nitrogen functional groups attached to an aromatic ring is 1. The Morgan fingerprint density at radius 3 is 2.83 bits per heavy atom. The number of aromatic nitrogens is 2. The van der Waals surface area contributed by atoms with E-state index >= 15 is 0 Å². The molecule has 0 unspecified atom stereocenters. The first-order valence-corrected chi connectivity index (χ1v) is 7.39. The maximum absolute atomic E-state index is 13.3. The monoisotopic (exact) mass is 273 g/mol. The van der Waals surface area contributed by atoms with Gasteiger partial charge in [0.25, 0.3) is 0 Å². The van der Waals surface area contributed by atoms with Crippen molar-refractivity contribution in [3.63, 3.8) is 0 Å². The molecule has 0 bridgehead atoms. The predicted octanol–water partition coefficient (Wildman–Crippen LogP) is 2.24. The number of halogens is 1. The molecule has 0 aliphatic heterocycles. The fourth-order valence-corrected chi connectivity index (χ4v) is 1.99. The second kappa shape index (κ2) is 8.93. The van der Waals surface area contributed by atoms with E-state index in [4.69, 9.17) is 5.84 Å². The first-order chi connectivity index (χ1) is 8.77. The molecule has 0 saturated heterocycles. The van der Waals surface area contributed by atoms with Gasteiger partial charge in [-0.2, -0.15) is 16.7 Å². The molecule has 0 aliphatic carbocycles. The van der Waals surface area contributed by atoms with E-state index in [1.54, 1.807) is 0 Å². The van der Waals surface area contributed by atoms with Gasteiger partial charge in [-0.05, 0) is 24.9 Å². The number of thioether (sulfide) groups is 1. The highest BCUT2D eigenvalue weighted by Gasteiger charge is 2.05. The molecule has 1 rings (SSSR count). The molecular formula is C11H20FN5S. The van der Waals surface area contributed by atoms with E-state index in [1.165, 1.54) is 18.6 Å². The average Bonchev–Trinajstić information content (AvgIpc) is 2.39. The summed E-state index contributed by atoms with van der Waals surface area (Å²) in [7, 11) is 0. The molecule has 102 valence electrons. The van der Waals surface area contributed by atoms with Gasteiger partial charge in [-0.3, -0.25) is 5.43 Å². The third-order valence-corrected chi connectivity index (χ3v) is 3.14. The molecule has 7 heteroatoms. The van der Waals surface area contributed by atoms with E-state index in [2.05, 4.69) is 27.0 Å². The maximum Gasteiger partial charge on any atom is 0.239 e. The van der Waals surface area contributed by atoms with Crippen molar-refractivity contribution in [2.24, 2.45) is 5.84 Å². The van der Waals surface area contributed by atoms with E-state index in [9.17, 15) is 4.39 Å². The Labute approximate surface area is 111 Å². The van der Waals surface area contributed by atoms with Crippen LogP contribution in [0.3, 0.4) is 0 Å². The molecule has 0 amide bonds. The van der Waals surface area contributed by atoms with Crippen LogP contribution in [0.1, 0.15) is 25.7 Å². The van der Waals surface area contributed by atoms with E-state index in [0.29, 0.717) is 6.54 Å². The summed E-state index contributed by atoms with van der Waals surface area (Å²) < 4.78 is 13.3. The molecule has 1 heterocycles. The lowest BCUT2D eigenvalue weighted by Crippen LogP contribution is -2.13. The Hall–Kier alpha value is -1.08. The number of unbranched alkanes of at least 4 members (excludes halogenated alkanes) is 3. The van der Waals surface area contributed by atoms with Crippen molar-refractivity contribution >= 4 is 23.5 Å². The van der Waals surface area contributed by atoms with Crippen molar-refractivity contribution in [3.8, 4) is 0 Å². The highest BCUT2D eigenvalue weighted by molar-refractivity contribution is 7.98. The van der Waals surface area contributed by atoms with Crippen molar-refractivity contribution in [1.29, 1.82) is 0 Å². The zero-order chi connectivity index (χ0) is 13.2. The van der Waals surface area contributed by atoms with Gasteiger partial charge in [0.2, 0.25) is 5.95 Å². The first kappa shape index (κ1) is 15.0. The second-order valence-electron chi connectivity index (χ2n) is 3.87. The Bertz CT molecular complexity index is 350. The second-order valence-corrected chi connectivity index (χ2v) is 4.85. The molecule has 4 N–H and O–H groups in total. The zero-order valence-electron chi connectivity index (χ0n) is 10.6. The van der Waals surface area contributed by atoms with E-state index in [1.807, 2.05) is 11.8 Å². The SMILES string of the molecule is CSCCCCCCNc1nc(NN)ncc1F. The van der Waals surface area contributed by atoms with Crippen molar-refractivity contribution in [1.82, 2.24) is 9.97 Å². The number of nitrogens with one attached hydrogen (secondary N) is 2. The summed E-state index contributed by atoms with van der Waals surface area (Å²) in [5.41, 5.74) is 2.29. The van der Waals surface area contributed by atoms with Gasteiger partial charge in [0.05, 0.1) is 6.20 Å². The Kier molecular flexibility index (Phi) is 7.43. The zero-order valence-corrected chi connectivity index (χ0v) is 11.4. The predicted molar refractivity (Wildman–Crippen MR) is 75.1 cm³/mol. The van der Waals surface area contributed by atoms with Gasteiger partial charge in [0, 0.05) is 6.54 Å². The van der Waals surface area contributed by atoms with Crippen LogP contribution in [-0.4, -0.2) is 28.5 Å². The summed E-state index contributed by atoms with van der Waals surface area (Å²) in [4.78, 5) is 7.57. The summed E-state index contributed by atoms with van der Waals surface area (Å²) >= 11 is 1.87. The molecule has 0 aliphatic rings. The highest BCUT2D eigenvalue weighted by Crippen LogP contribution is 2.11. The molecule has 1 aromatic heterocycles. The summed E-state index contributed by atoms with van der Waals surface area (Å²) in [5, 5.41) is 2.95. The summed E-state index contributed by atoms with van der Waals surface area (Å²) in [6.45, 7) is 0.706. The third-order valence-electron chi connectivity index (χ3n) is 2.44. The van der Waals surface area contributed by atoms with Gasteiger partial charge in [-0.15, -0.1) is 0 Å². The molecule has 0 atom stereocenters. The van der Waals surface area contributed by atoms with Crippen molar-refractivity contribution < 1.29 is 4.39 Å². The molecule has 0 radical (unpaired) electrons. The van der Waals surface area contributed by atoms with E-state index in [0.717, 1.165) is 19.0 Å². The van der Waals surface area contributed by atoms with E-state index in [-0.39, 0.29) is 11.8 Å². The Balaban J connectivity index is 2.22. The lowest BCUT2D eigenvalue weighted by Gasteiger charge is -2.07. The molecule has 0 aromatic carbocycles. The standard InChI is InChI=1S/C11H20FN5S/c1-18-7-5-3-2-4-6-14-10-9(12)8-15-11(16-10)17-13/h8H,2-7,13H2,1H3,(H2,14,15,16,17). The number of nitrogens with zero attached hydrogens (tertiary/aromatic N) is 2. The van der Waals surface area contributed by atoms with Crippen LogP contribution in [0.15, 0.2) is 6.20 Å². The molecule has 18 heavy (non-hydrogen) atoms. The van der Waals surface area contributed by atoms with Crippen LogP contribution < -0.4 is 16.6 Å². The molecule has 5 nitrogen and oxygen atoms in total. The summed E-state index contributed by atoms with van der Waals surface area (Å²) in [5.74, 6) is 6.31. The van der Waals surface area contributed by atoms with Crippen molar-refractivity contribution in [3.05, 3.63) is 12.0 Å². The van der Waals surface area contributed by atoms with Crippen LogP contribution >= 0.6 is 11.8 Å². The molecular weight excluding hydrogens is 253 g/mol. The molecule has 0 saturated carbocycles. The normalized spacial score (nSPS) is 10.4. The minimum Gasteiger partial charge on any atom is -0.367 e. The van der Waals surface area contributed by atoms with Gasteiger partial charge in [0.15, 0.2) is 11.6 Å². The van der Waals surface area contributed by atoms with Crippen LogP contribution in [0.25, 0.3) is 0 Å². The smallest absolute Gasteiger partial charge is 0.239 e. The minimum absolute atomic E-state index is 0.196. The van der Waals surface area contributed by atoms with Gasteiger partial charge >= 0.3 is 0 Å². The van der Waals surface area contributed by atoms with Crippen LogP contribution in [-0.2, 0) is 0 Å². The number of anilines is 2. The topological polar surface area (TPSA) is 75.9 Å². The van der Waals surface area contributed by atoms with Gasteiger partial charge in [0.1, 0.15) is 0 Å². The first-order valence-electron chi connectivity index (χ1n) is 6.00. The van der Waals surface area contributed by atoms with Gasteiger partial charge < -0.3 is 5.32 Å². The summed E-state index contributed by atoms with van der Waals surface area (Å²) in [6, 6.07) is 0.